The summed E-state index contributed by atoms with van der Waals surface area (Å²) in [4.78, 5) is 27.0. The van der Waals surface area contributed by atoms with E-state index in [1.165, 1.54) is 4.90 Å². The first-order valence-corrected chi connectivity index (χ1v) is 9.05. The summed E-state index contributed by atoms with van der Waals surface area (Å²) in [6.45, 7) is 2.76. The standard InChI is InChI=1S/C18H21ClN2O4/c1-11-4-2-3-5-18(11)16(22)21(17(23)20-18)8-12-6-14(19)7-13-9-24-10-25-15(12)13/h6-7,11H,2-5,8-10H2,1H3,(H,20,23)/t11-,18+/m1/s1. The van der Waals surface area contributed by atoms with Crippen molar-refractivity contribution in [3.63, 3.8) is 0 Å². The molecule has 134 valence electrons. The second-order valence-corrected chi connectivity index (χ2v) is 7.54. The maximum Gasteiger partial charge on any atom is 0.325 e. The van der Waals surface area contributed by atoms with E-state index in [1.807, 2.05) is 6.92 Å². The molecule has 0 aromatic heterocycles. The molecule has 1 aromatic rings. The topological polar surface area (TPSA) is 67.9 Å². The van der Waals surface area contributed by atoms with Gasteiger partial charge >= 0.3 is 6.03 Å². The summed E-state index contributed by atoms with van der Waals surface area (Å²) >= 11 is 6.19. The molecule has 2 fully saturated rings. The molecule has 4 rings (SSSR count). The number of carbonyl (C=O) groups excluding carboxylic acids is 2. The van der Waals surface area contributed by atoms with Gasteiger partial charge in [0.2, 0.25) is 0 Å². The number of urea groups is 1. The molecular formula is C18H21ClN2O4. The number of fused-ring (bicyclic) bond motifs is 1. The van der Waals surface area contributed by atoms with Gasteiger partial charge in [0.15, 0.2) is 6.79 Å². The van der Waals surface area contributed by atoms with Crippen molar-refractivity contribution < 1.29 is 19.1 Å². The molecule has 3 amide bonds. The first kappa shape index (κ1) is 16.7. The quantitative estimate of drug-likeness (QED) is 0.818. The molecule has 1 aromatic carbocycles. The van der Waals surface area contributed by atoms with Gasteiger partial charge in [-0.3, -0.25) is 9.69 Å². The van der Waals surface area contributed by atoms with Gasteiger partial charge in [0.05, 0.1) is 13.2 Å². The van der Waals surface area contributed by atoms with E-state index < -0.39 is 5.54 Å². The van der Waals surface area contributed by atoms with Crippen molar-refractivity contribution in [2.75, 3.05) is 6.79 Å². The number of benzene rings is 1. The van der Waals surface area contributed by atoms with E-state index in [9.17, 15) is 9.59 Å². The summed E-state index contributed by atoms with van der Waals surface area (Å²) in [5.41, 5.74) is 0.814. The molecule has 1 aliphatic carbocycles. The number of carbonyl (C=O) groups is 2. The molecule has 0 bridgehead atoms. The van der Waals surface area contributed by atoms with Crippen molar-refractivity contribution in [1.29, 1.82) is 0 Å². The van der Waals surface area contributed by atoms with Crippen LogP contribution < -0.4 is 10.1 Å². The summed E-state index contributed by atoms with van der Waals surface area (Å²) in [6.07, 6.45) is 3.71. The molecule has 1 saturated carbocycles. The van der Waals surface area contributed by atoms with Crippen LogP contribution in [0.4, 0.5) is 4.79 Å². The monoisotopic (exact) mass is 364 g/mol. The zero-order valence-electron chi connectivity index (χ0n) is 14.1. The highest BCUT2D eigenvalue weighted by molar-refractivity contribution is 6.30. The minimum atomic E-state index is -0.752. The Kier molecular flexibility index (Phi) is 4.12. The molecule has 0 unspecified atom stereocenters. The lowest BCUT2D eigenvalue weighted by Gasteiger charge is -2.36. The molecule has 1 N–H and O–H groups in total. The summed E-state index contributed by atoms with van der Waals surface area (Å²) < 4.78 is 10.9. The van der Waals surface area contributed by atoms with Crippen LogP contribution in [0.3, 0.4) is 0 Å². The average Bonchev–Trinajstić information content (AvgIpc) is 2.82. The van der Waals surface area contributed by atoms with Crippen molar-refractivity contribution in [2.24, 2.45) is 5.92 Å². The summed E-state index contributed by atoms with van der Waals surface area (Å²) in [7, 11) is 0. The van der Waals surface area contributed by atoms with Gasteiger partial charge in [0.1, 0.15) is 11.3 Å². The van der Waals surface area contributed by atoms with Gasteiger partial charge < -0.3 is 14.8 Å². The van der Waals surface area contributed by atoms with Gasteiger partial charge in [-0.05, 0) is 30.9 Å². The van der Waals surface area contributed by atoms with Crippen LogP contribution >= 0.6 is 11.6 Å². The Morgan fingerprint density at radius 3 is 3.00 bits per heavy atom. The number of nitrogens with one attached hydrogen (secondary N) is 1. The number of ether oxygens (including phenoxy) is 2. The van der Waals surface area contributed by atoms with E-state index in [0.717, 1.165) is 30.4 Å². The molecule has 1 spiro atoms. The Morgan fingerprint density at radius 1 is 1.36 bits per heavy atom. The Balaban J connectivity index is 1.64. The number of imide groups is 1. The summed E-state index contributed by atoms with van der Waals surface area (Å²) in [5, 5.41) is 3.51. The maximum atomic E-state index is 13.1. The molecule has 2 atom stereocenters. The normalized spacial score (nSPS) is 28.7. The second kappa shape index (κ2) is 6.18. The van der Waals surface area contributed by atoms with Crippen LogP contribution in [0.2, 0.25) is 5.02 Å². The van der Waals surface area contributed by atoms with Crippen LogP contribution in [-0.2, 0) is 22.7 Å². The van der Waals surface area contributed by atoms with Gasteiger partial charge in [-0.15, -0.1) is 0 Å². The van der Waals surface area contributed by atoms with Crippen LogP contribution in [0.15, 0.2) is 12.1 Å². The number of hydrogen-bond donors (Lipinski definition) is 1. The molecule has 1 saturated heterocycles. The highest BCUT2D eigenvalue weighted by Gasteiger charge is 2.54. The number of hydrogen-bond acceptors (Lipinski definition) is 4. The smallest absolute Gasteiger partial charge is 0.325 e. The van der Waals surface area contributed by atoms with Crippen molar-refractivity contribution in [3.8, 4) is 5.75 Å². The highest BCUT2D eigenvalue weighted by atomic mass is 35.5. The summed E-state index contributed by atoms with van der Waals surface area (Å²) in [6, 6.07) is 3.21. The largest absolute Gasteiger partial charge is 0.467 e. The van der Waals surface area contributed by atoms with E-state index in [0.29, 0.717) is 23.8 Å². The molecule has 3 aliphatic rings. The molecule has 2 heterocycles. The van der Waals surface area contributed by atoms with Crippen molar-refractivity contribution in [3.05, 3.63) is 28.3 Å². The van der Waals surface area contributed by atoms with Gasteiger partial charge in [0, 0.05) is 16.1 Å². The number of amides is 3. The first-order chi connectivity index (χ1) is 12.0. The fraction of sp³-hybridized carbons (Fsp3) is 0.556. The van der Waals surface area contributed by atoms with E-state index >= 15 is 0 Å². The second-order valence-electron chi connectivity index (χ2n) is 7.10. The van der Waals surface area contributed by atoms with E-state index in [1.54, 1.807) is 12.1 Å². The Labute approximate surface area is 151 Å². The SMILES string of the molecule is C[C@@H]1CCCC[C@]12NC(=O)N(Cc1cc(Cl)cc3c1OCOC3)C2=O. The van der Waals surface area contributed by atoms with Gasteiger partial charge in [-0.1, -0.05) is 31.4 Å². The van der Waals surface area contributed by atoms with Crippen LogP contribution in [0, 0.1) is 5.92 Å². The highest BCUT2D eigenvalue weighted by Crippen LogP contribution is 2.40. The average molecular weight is 365 g/mol. The Hall–Kier alpha value is -1.79. The minimum absolute atomic E-state index is 0.134. The third kappa shape index (κ3) is 2.68. The number of halogens is 1. The fourth-order valence-corrected chi connectivity index (χ4v) is 4.45. The predicted octanol–water partition coefficient (Wildman–Crippen LogP) is 3.21. The lowest BCUT2D eigenvalue weighted by molar-refractivity contribution is -0.134. The molecule has 2 aliphatic heterocycles. The van der Waals surface area contributed by atoms with Crippen molar-refractivity contribution in [2.45, 2.75) is 51.3 Å². The zero-order valence-corrected chi connectivity index (χ0v) is 14.9. The van der Waals surface area contributed by atoms with E-state index in [4.69, 9.17) is 21.1 Å². The first-order valence-electron chi connectivity index (χ1n) is 8.67. The van der Waals surface area contributed by atoms with E-state index in [-0.39, 0.29) is 31.2 Å². The van der Waals surface area contributed by atoms with Crippen molar-refractivity contribution >= 4 is 23.5 Å². The van der Waals surface area contributed by atoms with Gasteiger partial charge in [-0.25, -0.2) is 4.79 Å². The fourth-order valence-electron chi connectivity index (χ4n) is 4.18. The van der Waals surface area contributed by atoms with Gasteiger partial charge in [-0.2, -0.15) is 0 Å². The number of nitrogens with zero attached hydrogens (tertiary/aromatic N) is 1. The molecule has 25 heavy (non-hydrogen) atoms. The lowest BCUT2D eigenvalue weighted by atomic mass is 9.73. The minimum Gasteiger partial charge on any atom is -0.467 e. The predicted molar refractivity (Wildman–Crippen MR) is 91.2 cm³/mol. The van der Waals surface area contributed by atoms with Crippen LogP contribution in [-0.4, -0.2) is 29.2 Å². The van der Waals surface area contributed by atoms with Crippen LogP contribution in [0.5, 0.6) is 5.75 Å². The number of rotatable bonds is 2. The van der Waals surface area contributed by atoms with Crippen molar-refractivity contribution in [1.82, 2.24) is 10.2 Å². The van der Waals surface area contributed by atoms with Crippen LogP contribution in [0.1, 0.15) is 43.7 Å². The molecular weight excluding hydrogens is 344 g/mol. The van der Waals surface area contributed by atoms with Gasteiger partial charge in [0.25, 0.3) is 5.91 Å². The van der Waals surface area contributed by atoms with Crippen LogP contribution in [0.25, 0.3) is 0 Å². The molecule has 0 radical (unpaired) electrons. The maximum absolute atomic E-state index is 13.1. The Morgan fingerprint density at radius 2 is 2.20 bits per heavy atom. The third-order valence-electron chi connectivity index (χ3n) is 5.58. The molecule has 6 nitrogen and oxygen atoms in total. The third-order valence-corrected chi connectivity index (χ3v) is 5.80. The van der Waals surface area contributed by atoms with E-state index in [2.05, 4.69) is 5.32 Å². The summed E-state index contributed by atoms with van der Waals surface area (Å²) in [5.74, 6) is 0.667. The molecule has 7 heteroatoms. The Bertz CT molecular complexity index is 738. The zero-order chi connectivity index (χ0) is 17.6. The lowest BCUT2D eigenvalue weighted by Crippen LogP contribution is -2.53.